The lowest BCUT2D eigenvalue weighted by atomic mass is 9.98. The second-order valence-electron chi connectivity index (χ2n) is 6.91. The van der Waals surface area contributed by atoms with Gasteiger partial charge in [0.25, 0.3) is 0 Å². The predicted octanol–water partition coefficient (Wildman–Crippen LogP) is 7.02. The molecule has 2 aliphatic rings. The van der Waals surface area contributed by atoms with Crippen LogP contribution in [0.15, 0.2) is 84.1 Å². The SMILES string of the molecule is C/C=C/c1ccccc1NC1=CC=C2C(=C/C)/C(=C\C)c3cccc(c32)C1. The van der Waals surface area contributed by atoms with E-state index in [2.05, 4.69) is 105 Å². The molecule has 1 N–H and O–H groups in total. The van der Waals surface area contributed by atoms with Crippen LogP contribution in [0, 0.1) is 0 Å². The van der Waals surface area contributed by atoms with E-state index >= 15 is 0 Å². The minimum Gasteiger partial charge on any atom is -0.358 e. The molecule has 0 fully saturated rings. The van der Waals surface area contributed by atoms with Crippen LogP contribution in [-0.2, 0) is 6.42 Å². The number of allylic oxidation sites excluding steroid dienone is 9. The highest BCUT2D eigenvalue weighted by Gasteiger charge is 2.28. The Morgan fingerprint density at radius 1 is 0.852 bits per heavy atom. The van der Waals surface area contributed by atoms with Gasteiger partial charge in [-0.3, -0.25) is 0 Å². The van der Waals surface area contributed by atoms with E-state index in [-0.39, 0.29) is 0 Å². The lowest BCUT2D eigenvalue weighted by molar-refractivity contribution is 1.15. The summed E-state index contributed by atoms with van der Waals surface area (Å²) in [5, 5.41) is 3.67. The molecule has 0 atom stereocenters. The van der Waals surface area contributed by atoms with E-state index in [1.165, 1.54) is 44.7 Å². The molecule has 0 bridgehead atoms. The van der Waals surface area contributed by atoms with Crippen molar-refractivity contribution in [3.05, 3.63) is 106 Å². The Kier molecular flexibility index (Phi) is 4.68. The smallest absolute Gasteiger partial charge is 0.0455 e. The lowest BCUT2D eigenvalue weighted by Crippen LogP contribution is -2.04. The standard InChI is InChI=1S/C26H25N/c1-4-10-18-11-7-8-14-25(18)27-20-15-16-24-22(6-3)21(5-2)23-13-9-12-19(17-20)26(23)24/h4-16,27H,17H2,1-3H3/b10-4+,21-5+,22-6+. The predicted molar refractivity (Wildman–Crippen MR) is 118 cm³/mol. The fourth-order valence-corrected chi connectivity index (χ4v) is 4.15. The summed E-state index contributed by atoms with van der Waals surface area (Å²) in [6.45, 7) is 6.31. The molecule has 27 heavy (non-hydrogen) atoms. The third-order valence-electron chi connectivity index (χ3n) is 5.30. The van der Waals surface area contributed by atoms with Gasteiger partial charge in [0.1, 0.15) is 0 Å². The number of benzene rings is 2. The second-order valence-corrected chi connectivity index (χ2v) is 6.91. The molecule has 2 aliphatic carbocycles. The summed E-state index contributed by atoms with van der Waals surface area (Å²) >= 11 is 0. The summed E-state index contributed by atoms with van der Waals surface area (Å²) in [6.07, 6.45) is 14.1. The number of para-hydroxylation sites is 1. The van der Waals surface area contributed by atoms with Crippen molar-refractivity contribution in [3.8, 4) is 0 Å². The molecule has 0 radical (unpaired) electrons. The molecule has 1 nitrogen and oxygen atoms in total. The summed E-state index contributed by atoms with van der Waals surface area (Å²) in [5.41, 5.74) is 11.8. The van der Waals surface area contributed by atoms with Gasteiger partial charge in [-0.1, -0.05) is 66.8 Å². The van der Waals surface area contributed by atoms with Crippen molar-refractivity contribution in [2.45, 2.75) is 27.2 Å². The minimum absolute atomic E-state index is 0.904. The molecule has 0 aliphatic heterocycles. The molecule has 0 saturated heterocycles. The molecule has 0 aromatic heterocycles. The first kappa shape index (κ1) is 17.4. The van der Waals surface area contributed by atoms with Crippen LogP contribution < -0.4 is 5.32 Å². The molecular weight excluding hydrogens is 326 g/mol. The Bertz CT molecular complexity index is 1040. The maximum absolute atomic E-state index is 3.67. The first-order valence-corrected chi connectivity index (χ1v) is 9.62. The van der Waals surface area contributed by atoms with E-state index in [1.54, 1.807) is 0 Å². The summed E-state index contributed by atoms with van der Waals surface area (Å²) in [5.74, 6) is 0. The quantitative estimate of drug-likeness (QED) is 0.626. The Labute approximate surface area is 162 Å². The van der Waals surface area contributed by atoms with Crippen LogP contribution >= 0.6 is 0 Å². The zero-order chi connectivity index (χ0) is 18.8. The van der Waals surface area contributed by atoms with Gasteiger partial charge in [-0.2, -0.15) is 0 Å². The van der Waals surface area contributed by atoms with E-state index in [4.69, 9.17) is 0 Å². The summed E-state index contributed by atoms with van der Waals surface area (Å²) in [6, 6.07) is 15.1. The number of nitrogens with one attached hydrogen (secondary N) is 1. The van der Waals surface area contributed by atoms with Gasteiger partial charge in [-0.05, 0) is 71.9 Å². The maximum Gasteiger partial charge on any atom is 0.0455 e. The zero-order valence-corrected chi connectivity index (χ0v) is 16.2. The highest BCUT2D eigenvalue weighted by Crippen LogP contribution is 2.47. The Morgan fingerprint density at radius 2 is 1.67 bits per heavy atom. The van der Waals surface area contributed by atoms with Crippen molar-refractivity contribution in [1.82, 2.24) is 0 Å². The van der Waals surface area contributed by atoms with E-state index in [1.807, 2.05) is 0 Å². The zero-order valence-electron chi connectivity index (χ0n) is 16.2. The molecule has 0 amide bonds. The fraction of sp³-hybridized carbons (Fsp3) is 0.154. The molecule has 1 heteroatoms. The molecular formula is C26H25N. The first-order valence-electron chi connectivity index (χ1n) is 9.62. The third-order valence-corrected chi connectivity index (χ3v) is 5.30. The highest BCUT2D eigenvalue weighted by atomic mass is 14.9. The summed E-state index contributed by atoms with van der Waals surface area (Å²) in [4.78, 5) is 0. The fourth-order valence-electron chi connectivity index (χ4n) is 4.15. The van der Waals surface area contributed by atoms with Gasteiger partial charge in [0.15, 0.2) is 0 Å². The lowest BCUT2D eigenvalue weighted by Gasteiger charge is -2.14. The van der Waals surface area contributed by atoms with Crippen LogP contribution in [0.3, 0.4) is 0 Å². The van der Waals surface area contributed by atoms with Crippen molar-refractivity contribution in [2.75, 3.05) is 5.32 Å². The average Bonchev–Trinajstić information content (AvgIpc) is 2.89. The molecule has 0 unspecified atom stereocenters. The minimum atomic E-state index is 0.904. The number of hydrogen-bond acceptors (Lipinski definition) is 1. The number of rotatable bonds is 3. The summed E-state index contributed by atoms with van der Waals surface area (Å²) < 4.78 is 0. The second kappa shape index (κ2) is 7.28. The van der Waals surface area contributed by atoms with E-state index < -0.39 is 0 Å². The van der Waals surface area contributed by atoms with Gasteiger partial charge < -0.3 is 5.32 Å². The number of hydrogen-bond donors (Lipinski definition) is 1. The number of anilines is 1. The third kappa shape index (κ3) is 3.00. The van der Waals surface area contributed by atoms with Crippen LogP contribution in [0.25, 0.3) is 17.2 Å². The maximum atomic E-state index is 3.67. The highest BCUT2D eigenvalue weighted by molar-refractivity contribution is 6.09. The van der Waals surface area contributed by atoms with Gasteiger partial charge in [-0.25, -0.2) is 0 Å². The van der Waals surface area contributed by atoms with E-state index in [0.717, 1.165) is 12.1 Å². The van der Waals surface area contributed by atoms with Gasteiger partial charge in [-0.15, -0.1) is 0 Å². The molecule has 2 aromatic rings. The Hall–Kier alpha value is -3.06. The largest absolute Gasteiger partial charge is 0.358 e. The van der Waals surface area contributed by atoms with Crippen molar-refractivity contribution in [2.24, 2.45) is 0 Å². The van der Waals surface area contributed by atoms with Crippen molar-refractivity contribution < 1.29 is 0 Å². The molecule has 2 aromatic carbocycles. The topological polar surface area (TPSA) is 12.0 Å². The Balaban J connectivity index is 1.78. The van der Waals surface area contributed by atoms with E-state index in [9.17, 15) is 0 Å². The Morgan fingerprint density at radius 3 is 2.44 bits per heavy atom. The van der Waals surface area contributed by atoms with Gasteiger partial charge in [0.2, 0.25) is 0 Å². The van der Waals surface area contributed by atoms with Crippen LogP contribution in [-0.4, -0.2) is 0 Å². The van der Waals surface area contributed by atoms with Gasteiger partial charge >= 0.3 is 0 Å². The van der Waals surface area contributed by atoms with Gasteiger partial charge in [0, 0.05) is 17.8 Å². The average molecular weight is 351 g/mol. The van der Waals surface area contributed by atoms with Crippen molar-refractivity contribution in [1.29, 1.82) is 0 Å². The molecule has 134 valence electrons. The first-order chi connectivity index (χ1) is 13.3. The van der Waals surface area contributed by atoms with Crippen molar-refractivity contribution in [3.63, 3.8) is 0 Å². The normalized spacial score (nSPS) is 18.5. The van der Waals surface area contributed by atoms with Crippen LogP contribution in [0.1, 0.15) is 43.0 Å². The molecule has 4 rings (SSSR count). The molecule has 0 saturated carbocycles. The monoisotopic (exact) mass is 351 g/mol. The van der Waals surface area contributed by atoms with Gasteiger partial charge in [0.05, 0.1) is 0 Å². The van der Waals surface area contributed by atoms with Crippen LogP contribution in [0.5, 0.6) is 0 Å². The van der Waals surface area contributed by atoms with Crippen molar-refractivity contribution >= 4 is 22.9 Å². The van der Waals surface area contributed by atoms with Crippen LogP contribution in [0.4, 0.5) is 5.69 Å². The molecule has 0 spiro atoms. The van der Waals surface area contributed by atoms with E-state index in [0.29, 0.717) is 0 Å². The molecule has 0 heterocycles. The summed E-state index contributed by atoms with van der Waals surface area (Å²) in [7, 11) is 0. The van der Waals surface area contributed by atoms with Crippen LogP contribution in [0.2, 0.25) is 0 Å².